The number of nitrogens with zero attached hydrogens (tertiary/aromatic N) is 1. The molecule has 1 heterocycles. The molecule has 4 nitrogen and oxygen atoms in total. The van der Waals surface area contributed by atoms with Crippen molar-refractivity contribution >= 4 is 27.3 Å². The van der Waals surface area contributed by atoms with Gasteiger partial charge in [-0.15, -0.1) is 11.6 Å². The molecule has 3 atom stereocenters. The van der Waals surface area contributed by atoms with Gasteiger partial charge in [0.15, 0.2) is 9.84 Å². The van der Waals surface area contributed by atoms with Crippen LogP contribution in [-0.2, 0) is 14.6 Å². The van der Waals surface area contributed by atoms with E-state index in [2.05, 4.69) is 0 Å². The van der Waals surface area contributed by atoms with E-state index in [1.165, 1.54) is 11.8 Å². The molecule has 0 aromatic rings. The van der Waals surface area contributed by atoms with Crippen molar-refractivity contribution in [1.82, 2.24) is 4.90 Å². The summed E-state index contributed by atoms with van der Waals surface area (Å²) in [6.07, 6.45) is 1.08. The van der Waals surface area contributed by atoms with Crippen LogP contribution in [0.5, 0.6) is 0 Å². The summed E-state index contributed by atoms with van der Waals surface area (Å²) in [5.74, 6) is -0.116. The summed E-state index contributed by atoms with van der Waals surface area (Å²) in [5.41, 5.74) is 0. The van der Waals surface area contributed by atoms with E-state index in [1.54, 1.807) is 0 Å². The molecule has 1 fully saturated rings. The van der Waals surface area contributed by atoms with Crippen LogP contribution < -0.4 is 0 Å². The lowest BCUT2D eigenvalue weighted by atomic mass is 10.2. The van der Waals surface area contributed by atoms with Gasteiger partial charge in [-0.1, -0.05) is 6.92 Å². The molecular formula is C9H16ClNO3S. The standard InChI is InChI=1S/C9H16ClNO3S/c1-6-4-11(5-8(6)10)9(12)7(2)15(3,13)14/h6-8H,4-5H2,1-3H3. The molecule has 0 aromatic heterocycles. The number of sulfone groups is 1. The Morgan fingerprint density at radius 2 is 2.00 bits per heavy atom. The molecule has 88 valence electrons. The van der Waals surface area contributed by atoms with E-state index < -0.39 is 15.1 Å². The number of carbonyl (C=O) groups is 1. The van der Waals surface area contributed by atoms with Crippen molar-refractivity contribution in [3.8, 4) is 0 Å². The Kier molecular flexibility index (Phi) is 3.66. The first-order valence-corrected chi connectivity index (χ1v) is 7.24. The lowest BCUT2D eigenvalue weighted by Crippen LogP contribution is -2.40. The molecule has 0 bridgehead atoms. The van der Waals surface area contributed by atoms with Gasteiger partial charge in [-0.3, -0.25) is 4.79 Å². The second-order valence-electron chi connectivity index (χ2n) is 4.21. The Labute approximate surface area is 95.5 Å². The smallest absolute Gasteiger partial charge is 0.240 e. The summed E-state index contributed by atoms with van der Waals surface area (Å²) in [4.78, 5) is 13.3. The van der Waals surface area contributed by atoms with Crippen LogP contribution in [0.1, 0.15) is 13.8 Å². The summed E-state index contributed by atoms with van der Waals surface area (Å²) in [7, 11) is -3.31. The highest BCUT2D eigenvalue weighted by Crippen LogP contribution is 2.22. The summed E-state index contributed by atoms with van der Waals surface area (Å²) in [6, 6.07) is 0. The molecule has 0 N–H and O–H groups in total. The van der Waals surface area contributed by atoms with E-state index in [-0.39, 0.29) is 17.2 Å². The van der Waals surface area contributed by atoms with Crippen LogP contribution in [-0.4, -0.2) is 49.2 Å². The van der Waals surface area contributed by atoms with Gasteiger partial charge in [-0.2, -0.15) is 0 Å². The van der Waals surface area contributed by atoms with Crippen LogP contribution in [0.2, 0.25) is 0 Å². The zero-order valence-corrected chi connectivity index (χ0v) is 10.7. The van der Waals surface area contributed by atoms with Crippen LogP contribution in [0, 0.1) is 5.92 Å². The number of hydrogen-bond donors (Lipinski definition) is 0. The third-order valence-corrected chi connectivity index (χ3v) is 4.88. The second-order valence-corrected chi connectivity index (χ2v) is 7.13. The van der Waals surface area contributed by atoms with E-state index in [9.17, 15) is 13.2 Å². The van der Waals surface area contributed by atoms with Crippen molar-refractivity contribution < 1.29 is 13.2 Å². The monoisotopic (exact) mass is 253 g/mol. The van der Waals surface area contributed by atoms with Crippen molar-refractivity contribution in [3.63, 3.8) is 0 Å². The molecule has 1 aliphatic rings. The molecule has 1 saturated heterocycles. The van der Waals surface area contributed by atoms with Gasteiger partial charge in [-0.05, 0) is 12.8 Å². The van der Waals surface area contributed by atoms with Crippen molar-refractivity contribution in [2.45, 2.75) is 24.5 Å². The maximum atomic E-state index is 11.8. The van der Waals surface area contributed by atoms with Gasteiger partial charge in [0.1, 0.15) is 5.25 Å². The quantitative estimate of drug-likeness (QED) is 0.674. The molecule has 15 heavy (non-hydrogen) atoms. The first kappa shape index (κ1) is 12.8. The summed E-state index contributed by atoms with van der Waals surface area (Å²) < 4.78 is 22.4. The maximum absolute atomic E-state index is 11.8. The third-order valence-electron chi connectivity index (χ3n) is 2.82. The summed E-state index contributed by atoms with van der Waals surface area (Å²) in [6.45, 7) is 4.37. The van der Waals surface area contributed by atoms with Gasteiger partial charge in [0, 0.05) is 19.3 Å². The fourth-order valence-corrected chi connectivity index (χ4v) is 2.31. The predicted octanol–water partition coefficient (Wildman–Crippen LogP) is 0.505. The highest BCUT2D eigenvalue weighted by Gasteiger charge is 2.35. The van der Waals surface area contributed by atoms with Gasteiger partial charge < -0.3 is 4.90 Å². The fraction of sp³-hybridized carbons (Fsp3) is 0.889. The number of carbonyl (C=O) groups excluding carboxylic acids is 1. The topological polar surface area (TPSA) is 54.5 Å². The normalized spacial score (nSPS) is 29.2. The molecule has 6 heteroatoms. The van der Waals surface area contributed by atoms with E-state index in [0.29, 0.717) is 13.1 Å². The molecular weight excluding hydrogens is 238 g/mol. The molecule has 0 aromatic carbocycles. The lowest BCUT2D eigenvalue weighted by molar-refractivity contribution is -0.129. The minimum atomic E-state index is -3.31. The molecule has 0 radical (unpaired) electrons. The van der Waals surface area contributed by atoms with E-state index in [4.69, 9.17) is 11.6 Å². The Morgan fingerprint density at radius 1 is 1.47 bits per heavy atom. The van der Waals surface area contributed by atoms with Gasteiger partial charge in [0.05, 0.1) is 5.38 Å². The van der Waals surface area contributed by atoms with Gasteiger partial charge in [-0.25, -0.2) is 8.42 Å². The highest BCUT2D eigenvalue weighted by atomic mass is 35.5. The van der Waals surface area contributed by atoms with Gasteiger partial charge in [0.2, 0.25) is 5.91 Å². The SMILES string of the molecule is CC1CN(C(=O)C(C)S(C)(=O)=O)CC1Cl. The Hall–Kier alpha value is -0.290. The summed E-state index contributed by atoms with van der Waals surface area (Å²) in [5, 5.41) is -1.03. The molecule has 3 unspecified atom stereocenters. The molecule has 0 spiro atoms. The first-order chi connectivity index (χ1) is 6.73. The lowest BCUT2D eigenvalue weighted by Gasteiger charge is -2.19. The van der Waals surface area contributed by atoms with Gasteiger partial charge >= 0.3 is 0 Å². The maximum Gasteiger partial charge on any atom is 0.240 e. The van der Waals surface area contributed by atoms with E-state index in [0.717, 1.165) is 6.26 Å². The number of amides is 1. The Balaban J connectivity index is 2.72. The molecule has 1 rings (SSSR count). The van der Waals surface area contributed by atoms with Crippen LogP contribution in [0.15, 0.2) is 0 Å². The second kappa shape index (κ2) is 4.29. The van der Waals surface area contributed by atoms with Crippen LogP contribution in [0.4, 0.5) is 0 Å². The molecule has 1 amide bonds. The zero-order chi connectivity index (χ0) is 11.8. The number of likely N-dealkylation sites (tertiary alicyclic amines) is 1. The van der Waals surface area contributed by atoms with Crippen molar-refractivity contribution in [2.75, 3.05) is 19.3 Å². The van der Waals surface area contributed by atoms with Crippen LogP contribution >= 0.6 is 11.6 Å². The largest absolute Gasteiger partial charge is 0.340 e. The van der Waals surface area contributed by atoms with E-state index >= 15 is 0 Å². The zero-order valence-electron chi connectivity index (χ0n) is 9.10. The van der Waals surface area contributed by atoms with Crippen molar-refractivity contribution in [3.05, 3.63) is 0 Å². The minimum absolute atomic E-state index is 0.0688. The number of alkyl halides is 1. The van der Waals surface area contributed by atoms with Crippen LogP contribution in [0.25, 0.3) is 0 Å². The Morgan fingerprint density at radius 3 is 2.33 bits per heavy atom. The van der Waals surface area contributed by atoms with Crippen molar-refractivity contribution in [2.24, 2.45) is 5.92 Å². The average molecular weight is 254 g/mol. The first-order valence-electron chi connectivity index (χ1n) is 4.85. The van der Waals surface area contributed by atoms with Gasteiger partial charge in [0.25, 0.3) is 0 Å². The minimum Gasteiger partial charge on any atom is -0.340 e. The molecule has 0 saturated carbocycles. The molecule has 0 aliphatic carbocycles. The average Bonchev–Trinajstić information content (AvgIpc) is 2.43. The number of hydrogen-bond acceptors (Lipinski definition) is 3. The van der Waals surface area contributed by atoms with E-state index in [1.807, 2.05) is 6.92 Å². The molecule has 1 aliphatic heterocycles. The van der Waals surface area contributed by atoms with Crippen LogP contribution in [0.3, 0.4) is 0 Å². The Bertz CT molecular complexity index is 344. The number of rotatable bonds is 2. The van der Waals surface area contributed by atoms with Crippen molar-refractivity contribution in [1.29, 1.82) is 0 Å². The third kappa shape index (κ3) is 2.84. The highest BCUT2D eigenvalue weighted by molar-refractivity contribution is 7.92. The number of halogens is 1. The fourth-order valence-electron chi connectivity index (χ4n) is 1.55. The predicted molar refractivity (Wildman–Crippen MR) is 59.7 cm³/mol. The summed E-state index contributed by atoms with van der Waals surface area (Å²) >= 11 is 5.98.